The Bertz CT molecular complexity index is 100. The van der Waals surface area contributed by atoms with Crippen molar-refractivity contribution in [1.82, 2.24) is 16.0 Å². The van der Waals surface area contributed by atoms with Crippen LogP contribution in [0.25, 0.3) is 0 Å². The third kappa shape index (κ3) is 13.8. The van der Waals surface area contributed by atoms with Crippen LogP contribution in [-0.2, 0) is 4.74 Å². The summed E-state index contributed by atoms with van der Waals surface area (Å²) in [4.78, 5) is 0. The van der Waals surface area contributed by atoms with Gasteiger partial charge in [-0.05, 0) is 19.5 Å². The Morgan fingerprint density at radius 1 is 0.733 bits per heavy atom. The molecule has 92 valence electrons. The maximum Gasteiger partial charge on any atom is 0.0591 e. The molecule has 0 aromatic rings. The van der Waals surface area contributed by atoms with Crippen molar-refractivity contribution in [3.05, 3.63) is 0 Å². The molecule has 0 radical (unpaired) electrons. The van der Waals surface area contributed by atoms with Crippen LogP contribution in [0.1, 0.15) is 20.3 Å². The van der Waals surface area contributed by atoms with Crippen molar-refractivity contribution in [2.75, 3.05) is 52.5 Å². The molecular formula is C11H27N3O. The standard InChI is InChI=1S/C11H27N3O/c1-3-5-13-8-10-15-11-9-14-7-6-12-4-2/h12-14H,3-11H2,1-2H3. The quantitative estimate of drug-likeness (QED) is 0.409. The smallest absolute Gasteiger partial charge is 0.0591 e. The summed E-state index contributed by atoms with van der Waals surface area (Å²) < 4.78 is 5.44. The van der Waals surface area contributed by atoms with Crippen molar-refractivity contribution < 1.29 is 4.74 Å². The molecule has 0 aliphatic heterocycles. The minimum atomic E-state index is 0.805. The number of likely N-dealkylation sites (N-methyl/N-ethyl adjacent to an activating group) is 1. The van der Waals surface area contributed by atoms with Crippen molar-refractivity contribution in [2.24, 2.45) is 0 Å². The summed E-state index contributed by atoms with van der Waals surface area (Å²) in [5.74, 6) is 0. The normalized spacial score (nSPS) is 10.8. The van der Waals surface area contributed by atoms with Crippen LogP contribution >= 0.6 is 0 Å². The van der Waals surface area contributed by atoms with Crippen LogP contribution in [0.5, 0.6) is 0 Å². The molecule has 0 amide bonds. The maximum absolute atomic E-state index is 5.44. The van der Waals surface area contributed by atoms with Crippen molar-refractivity contribution in [2.45, 2.75) is 20.3 Å². The van der Waals surface area contributed by atoms with Crippen LogP contribution in [0.2, 0.25) is 0 Å². The van der Waals surface area contributed by atoms with Gasteiger partial charge in [0.05, 0.1) is 13.2 Å². The Morgan fingerprint density at radius 3 is 1.93 bits per heavy atom. The summed E-state index contributed by atoms with van der Waals surface area (Å²) in [5, 5.41) is 9.87. The number of ether oxygens (including phenoxy) is 1. The topological polar surface area (TPSA) is 45.3 Å². The second-order valence-electron chi connectivity index (χ2n) is 3.47. The molecular weight excluding hydrogens is 190 g/mol. The van der Waals surface area contributed by atoms with E-state index in [-0.39, 0.29) is 0 Å². The highest BCUT2D eigenvalue weighted by Gasteiger charge is 1.89. The van der Waals surface area contributed by atoms with Crippen LogP contribution < -0.4 is 16.0 Å². The molecule has 4 nitrogen and oxygen atoms in total. The molecule has 0 aliphatic rings. The van der Waals surface area contributed by atoms with E-state index in [9.17, 15) is 0 Å². The zero-order valence-electron chi connectivity index (χ0n) is 10.3. The molecule has 0 aromatic heterocycles. The molecule has 0 aromatic carbocycles. The van der Waals surface area contributed by atoms with Crippen LogP contribution in [-0.4, -0.2) is 52.5 Å². The first kappa shape index (κ1) is 14.8. The van der Waals surface area contributed by atoms with Crippen LogP contribution in [0.4, 0.5) is 0 Å². The highest BCUT2D eigenvalue weighted by molar-refractivity contribution is 4.50. The predicted molar refractivity (Wildman–Crippen MR) is 65.4 cm³/mol. The summed E-state index contributed by atoms with van der Waals surface area (Å²) in [6.45, 7) is 12.0. The summed E-state index contributed by atoms with van der Waals surface area (Å²) in [6.07, 6.45) is 1.19. The molecule has 0 heterocycles. The zero-order chi connectivity index (χ0) is 11.2. The summed E-state index contributed by atoms with van der Waals surface area (Å²) in [5.41, 5.74) is 0. The van der Waals surface area contributed by atoms with Crippen molar-refractivity contribution in [1.29, 1.82) is 0 Å². The van der Waals surface area contributed by atoms with Gasteiger partial charge in [0.1, 0.15) is 0 Å². The van der Waals surface area contributed by atoms with Gasteiger partial charge in [-0.15, -0.1) is 0 Å². The van der Waals surface area contributed by atoms with E-state index < -0.39 is 0 Å². The first-order valence-corrected chi connectivity index (χ1v) is 6.11. The van der Waals surface area contributed by atoms with E-state index >= 15 is 0 Å². The van der Waals surface area contributed by atoms with Gasteiger partial charge in [-0.2, -0.15) is 0 Å². The highest BCUT2D eigenvalue weighted by atomic mass is 16.5. The Labute approximate surface area is 94.2 Å². The number of nitrogens with one attached hydrogen (secondary N) is 3. The van der Waals surface area contributed by atoms with Gasteiger partial charge in [0.15, 0.2) is 0 Å². The van der Waals surface area contributed by atoms with Crippen molar-refractivity contribution in [3.63, 3.8) is 0 Å². The first-order chi connectivity index (χ1) is 7.41. The van der Waals surface area contributed by atoms with Crippen molar-refractivity contribution >= 4 is 0 Å². The zero-order valence-corrected chi connectivity index (χ0v) is 10.3. The van der Waals surface area contributed by atoms with E-state index in [1.165, 1.54) is 6.42 Å². The van der Waals surface area contributed by atoms with Gasteiger partial charge in [0, 0.05) is 26.2 Å². The fourth-order valence-corrected chi connectivity index (χ4v) is 1.17. The largest absolute Gasteiger partial charge is 0.379 e. The lowest BCUT2D eigenvalue weighted by Crippen LogP contribution is -2.30. The Hall–Kier alpha value is -0.160. The minimum Gasteiger partial charge on any atom is -0.379 e. The molecule has 0 rings (SSSR count). The van der Waals surface area contributed by atoms with Crippen LogP contribution in [0.15, 0.2) is 0 Å². The summed E-state index contributed by atoms with van der Waals surface area (Å²) in [6, 6.07) is 0. The molecule has 0 fully saturated rings. The molecule has 0 saturated carbocycles. The predicted octanol–water partition coefficient (Wildman–Crippen LogP) is 0.202. The Balaban J connectivity index is 2.81. The molecule has 0 aliphatic carbocycles. The summed E-state index contributed by atoms with van der Waals surface area (Å²) in [7, 11) is 0. The SMILES string of the molecule is CCCNCCOCCNCCNCC. The molecule has 0 unspecified atom stereocenters. The molecule has 3 N–H and O–H groups in total. The van der Waals surface area contributed by atoms with Gasteiger partial charge in [0.25, 0.3) is 0 Å². The second-order valence-corrected chi connectivity index (χ2v) is 3.47. The average molecular weight is 217 g/mol. The number of hydrogen-bond donors (Lipinski definition) is 3. The molecule has 0 atom stereocenters. The Kier molecular flexibility index (Phi) is 13.7. The van der Waals surface area contributed by atoms with Crippen molar-refractivity contribution in [3.8, 4) is 0 Å². The monoisotopic (exact) mass is 217 g/mol. The van der Waals surface area contributed by atoms with E-state index in [4.69, 9.17) is 4.74 Å². The first-order valence-electron chi connectivity index (χ1n) is 6.11. The molecule has 0 spiro atoms. The van der Waals surface area contributed by atoms with Gasteiger partial charge < -0.3 is 20.7 Å². The Morgan fingerprint density at radius 2 is 1.33 bits per heavy atom. The van der Waals surface area contributed by atoms with Gasteiger partial charge in [0.2, 0.25) is 0 Å². The van der Waals surface area contributed by atoms with E-state index in [0.717, 1.165) is 52.5 Å². The van der Waals surface area contributed by atoms with Crippen LogP contribution in [0.3, 0.4) is 0 Å². The lowest BCUT2D eigenvalue weighted by Gasteiger charge is -2.07. The lowest BCUT2D eigenvalue weighted by atomic mass is 10.5. The van der Waals surface area contributed by atoms with Gasteiger partial charge in [-0.1, -0.05) is 13.8 Å². The second kappa shape index (κ2) is 13.8. The fourth-order valence-electron chi connectivity index (χ4n) is 1.17. The highest BCUT2D eigenvalue weighted by Crippen LogP contribution is 1.74. The van der Waals surface area contributed by atoms with E-state index in [2.05, 4.69) is 29.8 Å². The van der Waals surface area contributed by atoms with Gasteiger partial charge >= 0.3 is 0 Å². The lowest BCUT2D eigenvalue weighted by molar-refractivity contribution is 0.138. The number of hydrogen-bond acceptors (Lipinski definition) is 4. The summed E-state index contributed by atoms with van der Waals surface area (Å²) >= 11 is 0. The van der Waals surface area contributed by atoms with Gasteiger partial charge in [-0.3, -0.25) is 0 Å². The molecule has 0 saturated heterocycles. The average Bonchev–Trinajstić information content (AvgIpc) is 2.26. The third-order valence-electron chi connectivity index (χ3n) is 2.00. The minimum absolute atomic E-state index is 0.805. The van der Waals surface area contributed by atoms with Crippen LogP contribution in [0, 0.1) is 0 Å². The number of rotatable bonds is 12. The van der Waals surface area contributed by atoms with E-state index in [0.29, 0.717) is 0 Å². The van der Waals surface area contributed by atoms with E-state index in [1.54, 1.807) is 0 Å². The molecule has 15 heavy (non-hydrogen) atoms. The molecule has 4 heteroatoms. The fraction of sp³-hybridized carbons (Fsp3) is 1.00. The van der Waals surface area contributed by atoms with E-state index in [1.807, 2.05) is 0 Å². The maximum atomic E-state index is 5.44. The molecule has 0 bridgehead atoms. The van der Waals surface area contributed by atoms with Gasteiger partial charge in [-0.25, -0.2) is 0 Å². The third-order valence-corrected chi connectivity index (χ3v) is 2.00.